The molecule has 0 bridgehead atoms. The zero-order valence-electron chi connectivity index (χ0n) is 7.92. The molecule has 4 N–H and O–H groups in total. The molecule has 0 saturated carbocycles. The van der Waals surface area contributed by atoms with E-state index in [4.69, 9.17) is 27.2 Å². The number of rotatable bonds is 2. The van der Waals surface area contributed by atoms with Crippen LogP contribution in [0.25, 0.3) is 0 Å². The van der Waals surface area contributed by atoms with Crippen molar-refractivity contribution in [1.82, 2.24) is 0 Å². The van der Waals surface area contributed by atoms with Crippen molar-refractivity contribution in [3.63, 3.8) is 0 Å². The first-order chi connectivity index (χ1) is 7.44. The third-order valence-electron chi connectivity index (χ3n) is 1.18. The summed E-state index contributed by atoms with van der Waals surface area (Å²) < 4.78 is 56.5. The number of amidine groups is 2. The molecule has 0 aliphatic heterocycles. The van der Waals surface area contributed by atoms with Crippen LogP contribution in [-0.4, -0.2) is 31.3 Å². The molecule has 0 rings (SSSR count). The van der Waals surface area contributed by atoms with E-state index in [2.05, 4.69) is 4.99 Å². The summed E-state index contributed by atoms with van der Waals surface area (Å²) in [5.74, 6) is -2.72. The molecular weight excluding hydrogens is 285 g/mol. The molecule has 0 aromatic heterocycles. The van der Waals surface area contributed by atoms with Crippen LogP contribution in [-0.2, 0) is 9.05 Å². The fourth-order valence-corrected chi connectivity index (χ4v) is 0.857. The minimum absolute atomic E-state index is 0.546. The smallest absolute Gasteiger partial charge is 0.384 e. The van der Waals surface area contributed by atoms with Crippen LogP contribution in [0.15, 0.2) is 17.1 Å². The summed E-state index contributed by atoms with van der Waals surface area (Å²) in [5, 5.41) is 12.2. The maximum absolute atomic E-state index is 11.8. The molecule has 96 valence electrons. The Hall–Kier alpha value is -1.42. The van der Waals surface area contributed by atoms with Crippen LogP contribution < -0.4 is 5.73 Å². The Morgan fingerprint density at radius 1 is 1.29 bits per heavy atom. The number of halogens is 4. The topological polar surface area (TPSA) is 120 Å². The number of hydrogen-bond acceptors (Lipinski definition) is 4. The lowest BCUT2D eigenvalue weighted by Crippen LogP contribution is -2.23. The second-order valence-corrected chi connectivity index (χ2v) is 5.05. The average Bonchev–Trinajstić information content (AvgIpc) is 2.10. The van der Waals surface area contributed by atoms with Gasteiger partial charge < -0.3 is 5.73 Å². The lowest BCUT2D eigenvalue weighted by molar-refractivity contribution is -0.0604. The number of hydrogen-bond donors (Lipinski definition) is 3. The monoisotopic (exact) mass is 290 g/mol. The Balaban J connectivity index is 4.84. The molecule has 0 aliphatic rings. The van der Waals surface area contributed by atoms with Crippen molar-refractivity contribution in [1.29, 1.82) is 10.8 Å². The largest absolute Gasteiger partial charge is 0.450 e. The van der Waals surface area contributed by atoms with Crippen molar-refractivity contribution in [3.8, 4) is 0 Å². The van der Waals surface area contributed by atoms with Gasteiger partial charge in [0.2, 0.25) is 5.84 Å². The van der Waals surface area contributed by atoms with Gasteiger partial charge in [-0.3, -0.25) is 10.8 Å². The van der Waals surface area contributed by atoms with Crippen molar-refractivity contribution >= 4 is 36.4 Å². The van der Waals surface area contributed by atoms with Gasteiger partial charge in [0, 0.05) is 10.7 Å². The van der Waals surface area contributed by atoms with Gasteiger partial charge in [0.1, 0.15) is 5.84 Å². The maximum Gasteiger partial charge on any atom is 0.450 e. The zero-order chi connectivity index (χ0) is 13.9. The Morgan fingerprint density at radius 3 is 2.12 bits per heavy atom. The summed E-state index contributed by atoms with van der Waals surface area (Å²) in [6, 6.07) is 0. The van der Waals surface area contributed by atoms with Crippen LogP contribution in [0.1, 0.15) is 0 Å². The van der Waals surface area contributed by atoms with E-state index in [1.165, 1.54) is 0 Å². The number of nitrogens with one attached hydrogen (secondary N) is 2. The van der Waals surface area contributed by atoms with Crippen LogP contribution >= 0.6 is 10.7 Å². The highest BCUT2D eigenvalue weighted by Gasteiger charge is 2.34. The lowest BCUT2D eigenvalue weighted by Gasteiger charge is -2.02. The number of nitrogens with zero attached hydrogens (tertiary/aromatic N) is 1. The van der Waals surface area contributed by atoms with E-state index in [1.807, 2.05) is 0 Å². The summed E-state index contributed by atoms with van der Waals surface area (Å²) in [6.45, 7) is 0. The summed E-state index contributed by atoms with van der Waals surface area (Å²) in [4.78, 5) is 2.63. The third kappa shape index (κ3) is 6.02. The first-order valence-electron chi connectivity index (χ1n) is 3.66. The van der Waals surface area contributed by atoms with Crippen LogP contribution in [0.5, 0.6) is 0 Å². The standard InChI is InChI=1S/C6H6ClF3N4O2S/c7-17(15,16)4(12)2-1-3(11)14-5(13)6(8,9)10/h1-2,12H,(H3,11,13,14)/b2-1-,12-4?. The second-order valence-electron chi connectivity index (χ2n) is 2.52. The lowest BCUT2D eigenvalue weighted by atomic mass is 10.4. The molecule has 17 heavy (non-hydrogen) atoms. The van der Waals surface area contributed by atoms with Crippen molar-refractivity contribution in [2.45, 2.75) is 6.18 Å². The van der Waals surface area contributed by atoms with Gasteiger partial charge in [0.15, 0.2) is 5.04 Å². The molecule has 0 aromatic rings. The Bertz CT molecular complexity index is 494. The Labute approximate surface area is 98.4 Å². The highest BCUT2D eigenvalue weighted by atomic mass is 35.7. The molecule has 0 aliphatic carbocycles. The maximum atomic E-state index is 11.8. The minimum atomic E-state index is -4.95. The van der Waals surface area contributed by atoms with Crippen molar-refractivity contribution in [2.24, 2.45) is 10.7 Å². The molecule has 0 saturated heterocycles. The molecule has 0 fully saturated rings. The van der Waals surface area contributed by atoms with E-state index in [0.29, 0.717) is 12.2 Å². The molecule has 0 radical (unpaired) electrons. The van der Waals surface area contributed by atoms with Gasteiger partial charge in [0.05, 0.1) is 0 Å². The van der Waals surface area contributed by atoms with E-state index >= 15 is 0 Å². The molecule has 6 nitrogen and oxygen atoms in total. The third-order valence-corrected chi connectivity index (χ3v) is 2.34. The van der Waals surface area contributed by atoms with Gasteiger partial charge in [-0.05, 0) is 12.2 Å². The highest BCUT2D eigenvalue weighted by Crippen LogP contribution is 2.16. The molecule has 11 heteroatoms. The zero-order valence-corrected chi connectivity index (χ0v) is 9.49. The molecule has 0 amide bonds. The van der Waals surface area contributed by atoms with E-state index in [0.717, 1.165) is 0 Å². The van der Waals surface area contributed by atoms with Gasteiger partial charge in [-0.2, -0.15) is 13.2 Å². The number of aliphatic imine (C=N–C) groups is 1. The SMILES string of the molecule is N=C(N=C(N)/C=C\C(=N)S(=O)(=O)Cl)C(F)(F)F. The fourth-order valence-electron chi connectivity index (χ4n) is 0.472. The van der Waals surface area contributed by atoms with Gasteiger partial charge >= 0.3 is 6.18 Å². The Kier molecular flexibility index (Phi) is 4.83. The van der Waals surface area contributed by atoms with Crippen molar-refractivity contribution in [2.75, 3.05) is 0 Å². The van der Waals surface area contributed by atoms with Gasteiger partial charge in [-0.15, -0.1) is 0 Å². The second kappa shape index (κ2) is 5.27. The molecule has 0 spiro atoms. The quantitative estimate of drug-likeness (QED) is 0.399. The highest BCUT2D eigenvalue weighted by molar-refractivity contribution is 8.25. The molecule has 0 atom stereocenters. The molecule has 0 heterocycles. The van der Waals surface area contributed by atoms with Crippen LogP contribution in [0.3, 0.4) is 0 Å². The number of nitrogens with two attached hydrogens (primary N) is 1. The molecule has 0 aromatic carbocycles. The molecule has 0 unspecified atom stereocenters. The predicted molar refractivity (Wildman–Crippen MR) is 57.0 cm³/mol. The number of alkyl halides is 3. The fraction of sp³-hybridized carbons (Fsp3) is 0.167. The van der Waals surface area contributed by atoms with Gasteiger partial charge in [0.25, 0.3) is 9.05 Å². The van der Waals surface area contributed by atoms with E-state index in [9.17, 15) is 21.6 Å². The summed E-state index contributed by atoms with van der Waals surface area (Å²) in [5.41, 5.74) is 4.95. The minimum Gasteiger partial charge on any atom is -0.384 e. The summed E-state index contributed by atoms with van der Waals surface area (Å²) >= 11 is 0. The average molecular weight is 291 g/mol. The Morgan fingerprint density at radius 2 is 1.76 bits per heavy atom. The van der Waals surface area contributed by atoms with Crippen molar-refractivity contribution < 1.29 is 21.6 Å². The van der Waals surface area contributed by atoms with Gasteiger partial charge in [-0.25, -0.2) is 13.4 Å². The van der Waals surface area contributed by atoms with Crippen molar-refractivity contribution in [3.05, 3.63) is 12.2 Å². The normalized spacial score (nSPS) is 14.0. The first-order valence-corrected chi connectivity index (χ1v) is 5.96. The van der Waals surface area contributed by atoms with Crippen LogP contribution in [0.2, 0.25) is 0 Å². The molecular formula is C6H6ClF3N4O2S. The summed E-state index contributed by atoms with van der Waals surface area (Å²) in [7, 11) is 0.466. The van der Waals surface area contributed by atoms with Crippen LogP contribution in [0.4, 0.5) is 13.2 Å². The predicted octanol–water partition coefficient (Wildman–Crippen LogP) is 0.985. The first kappa shape index (κ1) is 15.6. The van der Waals surface area contributed by atoms with E-state index in [1.54, 1.807) is 0 Å². The van der Waals surface area contributed by atoms with E-state index < -0.39 is 31.9 Å². The summed E-state index contributed by atoms with van der Waals surface area (Å²) in [6.07, 6.45) is -3.79. The van der Waals surface area contributed by atoms with E-state index in [-0.39, 0.29) is 0 Å². The van der Waals surface area contributed by atoms with Crippen LogP contribution in [0, 0.1) is 10.8 Å². The van der Waals surface area contributed by atoms with Gasteiger partial charge in [-0.1, -0.05) is 0 Å².